The van der Waals surface area contributed by atoms with Gasteiger partial charge in [0.2, 0.25) is 0 Å². The van der Waals surface area contributed by atoms with Gasteiger partial charge in [0, 0.05) is 33.4 Å². The van der Waals surface area contributed by atoms with Crippen LogP contribution in [0.4, 0.5) is 17.1 Å². The molecule has 1 heterocycles. The molecule has 0 unspecified atom stereocenters. The molecular weight excluding hydrogens is 835 g/mol. The number of benzene rings is 11. The first-order valence-corrected chi connectivity index (χ1v) is 23.7. The van der Waals surface area contributed by atoms with E-state index in [0.717, 1.165) is 61.3 Å². The standard InChI is InChI=1S/C67H45NO/c1-4-18-46(19-5-1)47-36-38-48(39-37-47)50-20-14-26-55(44-50)68(54-42-40-49(41-43-54)58-31-16-32-60-59-28-11-13-35-64(59)69-66(58)60)56-27-15-21-51(45-56)57-30-17-34-63-65(57)61-29-10-12-33-62(61)67(63,52-22-6-2-7-23-52)53-24-8-3-9-25-53/h1-45H. The zero-order valence-electron chi connectivity index (χ0n) is 37.8. The lowest BCUT2D eigenvalue weighted by Gasteiger charge is -2.34. The molecule has 0 radical (unpaired) electrons. The van der Waals surface area contributed by atoms with E-state index < -0.39 is 5.41 Å². The van der Waals surface area contributed by atoms with Crippen LogP contribution in [0.25, 0.3) is 77.6 Å². The van der Waals surface area contributed by atoms with Gasteiger partial charge in [-0.1, -0.05) is 231 Å². The fraction of sp³-hybridized carbons (Fsp3) is 0.0149. The third kappa shape index (κ3) is 6.72. The van der Waals surface area contributed by atoms with Crippen molar-refractivity contribution in [3.63, 3.8) is 0 Å². The Morgan fingerprint density at radius 3 is 1.49 bits per heavy atom. The van der Waals surface area contributed by atoms with Gasteiger partial charge in [0.1, 0.15) is 11.2 Å². The number of hydrogen-bond donors (Lipinski definition) is 0. The summed E-state index contributed by atoms with van der Waals surface area (Å²) in [6, 6.07) is 99.2. The molecule has 0 N–H and O–H groups in total. The molecule has 0 amide bonds. The maximum atomic E-state index is 6.50. The highest BCUT2D eigenvalue weighted by molar-refractivity contribution is 6.09. The summed E-state index contributed by atoms with van der Waals surface area (Å²) in [5.41, 5.74) is 21.4. The van der Waals surface area contributed by atoms with Crippen LogP contribution in [0.3, 0.4) is 0 Å². The van der Waals surface area contributed by atoms with Crippen molar-refractivity contribution in [2.24, 2.45) is 0 Å². The van der Waals surface area contributed by atoms with Crippen molar-refractivity contribution in [1.82, 2.24) is 0 Å². The molecule has 0 spiro atoms. The normalized spacial score (nSPS) is 12.5. The summed E-state index contributed by atoms with van der Waals surface area (Å²) in [6.07, 6.45) is 0. The number of para-hydroxylation sites is 2. The Bertz CT molecular complexity index is 3780. The van der Waals surface area contributed by atoms with E-state index in [1.165, 1.54) is 55.6 Å². The maximum absolute atomic E-state index is 6.50. The molecule has 1 aliphatic rings. The number of rotatable bonds is 9. The highest BCUT2D eigenvalue weighted by Gasteiger charge is 2.46. The number of hydrogen-bond acceptors (Lipinski definition) is 2. The van der Waals surface area contributed by atoms with E-state index in [-0.39, 0.29) is 0 Å². The lowest BCUT2D eigenvalue weighted by Crippen LogP contribution is -2.28. The van der Waals surface area contributed by atoms with Crippen LogP contribution in [0.2, 0.25) is 0 Å². The largest absolute Gasteiger partial charge is 0.455 e. The third-order valence-electron chi connectivity index (χ3n) is 14.2. The zero-order chi connectivity index (χ0) is 45.7. The number of furan rings is 1. The van der Waals surface area contributed by atoms with Crippen molar-refractivity contribution in [3.05, 3.63) is 295 Å². The molecule has 0 bridgehead atoms. The molecule has 0 aliphatic heterocycles. The summed E-state index contributed by atoms with van der Waals surface area (Å²) >= 11 is 0. The van der Waals surface area contributed by atoms with Crippen LogP contribution in [0.5, 0.6) is 0 Å². The van der Waals surface area contributed by atoms with Crippen molar-refractivity contribution in [2.75, 3.05) is 4.90 Å². The molecule has 324 valence electrons. The Morgan fingerprint density at radius 1 is 0.290 bits per heavy atom. The SMILES string of the molecule is c1ccc(-c2ccc(-c3cccc(N(c4ccc(-c5cccc6c5oc5ccccc56)cc4)c4cccc(-c5cccc6c5-c5ccccc5C6(c5ccccc5)c5ccccc5)c4)c3)cc2)cc1. The number of anilines is 3. The van der Waals surface area contributed by atoms with Crippen LogP contribution in [0.15, 0.2) is 277 Å². The van der Waals surface area contributed by atoms with E-state index in [4.69, 9.17) is 4.42 Å². The molecule has 0 saturated carbocycles. The van der Waals surface area contributed by atoms with Gasteiger partial charge in [0.15, 0.2) is 0 Å². The first-order valence-electron chi connectivity index (χ1n) is 23.7. The van der Waals surface area contributed by atoms with E-state index in [1.54, 1.807) is 0 Å². The second-order valence-corrected chi connectivity index (χ2v) is 18.0. The second-order valence-electron chi connectivity index (χ2n) is 18.0. The summed E-state index contributed by atoms with van der Waals surface area (Å²) in [5.74, 6) is 0. The van der Waals surface area contributed by atoms with E-state index in [1.807, 2.05) is 12.1 Å². The summed E-state index contributed by atoms with van der Waals surface area (Å²) in [6.45, 7) is 0. The van der Waals surface area contributed by atoms with Gasteiger partial charge in [-0.3, -0.25) is 0 Å². The molecule has 11 aromatic carbocycles. The molecule has 69 heavy (non-hydrogen) atoms. The number of fused-ring (bicyclic) bond motifs is 6. The van der Waals surface area contributed by atoms with Crippen molar-refractivity contribution in [3.8, 4) is 55.6 Å². The Morgan fingerprint density at radius 2 is 0.768 bits per heavy atom. The summed E-state index contributed by atoms with van der Waals surface area (Å²) in [7, 11) is 0. The quantitative estimate of drug-likeness (QED) is 0.144. The summed E-state index contributed by atoms with van der Waals surface area (Å²) in [4.78, 5) is 2.40. The number of nitrogens with zero attached hydrogens (tertiary/aromatic N) is 1. The van der Waals surface area contributed by atoms with Crippen LogP contribution in [0.1, 0.15) is 22.3 Å². The molecule has 1 aromatic heterocycles. The third-order valence-corrected chi connectivity index (χ3v) is 14.2. The maximum Gasteiger partial charge on any atom is 0.143 e. The van der Waals surface area contributed by atoms with Gasteiger partial charge >= 0.3 is 0 Å². The van der Waals surface area contributed by atoms with Crippen LogP contribution in [0, 0.1) is 0 Å². The minimum absolute atomic E-state index is 0.484. The fourth-order valence-electron chi connectivity index (χ4n) is 11.1. The smallest absolute Gasteiger partial charge is 0.143 e. The van der Waals surface area contributed by atoms with Gasteiger partial charge in [-0.05, 0) is 115 Å². The minimum atomic E-state index is -0.484. The van der Waals surface area contributed by atoms with Gasteiger partial charge in [-0.15, -0.1) is 0 Å². The van der Waals surface area contributed by atoms with Gasteiger partial charge in [0.05, 0.1) is 5.41 Å². The van der Waals surface area contributed by atoms with E-state index in [0.29, 0.717) is 0 Å². The van der Waals surface area contributed by atoms with E-state index >= 15 is 0 Å². The highest BCUT2D eigenvalue weighted by atomic mass is 16.3. The molecule has 2 heteroatoms. The Labute approximate surface area is 402 Å². The van der Waals surface area contributed by atoms with Crippen LogP contribution >= 0.6 is 0 Å². The highest BCUT2D eigenvalue weighted by Crippen LogP contribution is 2.58. The van der Waals surface area contributed by atoms with Crippen molar-refractivity contribution in [2.45, 2.75) is 5.41 Å². The molecule has 2 nitrogen and oxygen atoms in total. The second kappa shape index (κ2) is 16.7. The minimum Gasteiger partial charge on any atom is -0.455 e. The molecule has 12 aromatic rings. The van der Waals surface area contributed by atoms with Gasteiger partial charge in [-0.2, -0.15) is 0 Å². The topological polar surface area (TPSA) is 16.4 Å². The summed E-state index contributed by atoms with van der Waals surface area (Å²) in [5, 5.41) is 2.25. The average molecular weight is 880 g/mol. The Kier molecular flexibility index (Phi) is 9.77. The predicted octanol–water partition coefficient (Wildman–Crippen LogP) is 18.1. The lowest BCUT2D eigenvalue weighted by atomic mass is 9.67. The molecular formula is C67H45NO. The lowest BCUT2D eigenvalue weighted by molar-refractivity contribution is 0.670. The molecule has 13 rings (SSSR count). The van der Waals surface area contributed by atoms with E-state index in [9.17, 15) is 0 Å². The molecule has 0 fully saturated rings. The Hall–Kier alpha value is -8.98. The fourth-order valence-corrected chi connectivity index (χ4v) is 11.1. The molecule has 1 aliphatic carbocycles. The van der Waals surface area contributed by atoms with Crippen LogP contribution < -0.4 is 4.90 Å². The first kappa shape index (κ1) is 40.3. The molecule has 0 saturated heterocycles. The van der Waals surface area contributed by atoms with Gasteiger partial charge < -0.3 is 9.32 Å². The molecule has 0 atom stereocenters. The monoisotopic (exact) mass is 879 g/mol. The van der Waals surface area contributed by atoms with E-state index in [2.05, 4.69) is 266 Å². The zero-order valence-corrected chi connectivity index (χ0v) is 37.8. The van der Waals surface area contributed by atoms with Crippen LogP contribution in [-0.2, 0) is 5.41 Å². The average Bonchev–Trinajstić information content (AvgIpc) is 3.97. The van der Waals surface area contributed by atoms with Gasteiger partial charge in [0.25, 0.3) is 0 Å². The Balaban J connectivity index is 0.961. The van der Waals surface area contributed by atoms with Crippen LogP contribution in [-0.4, -0.2) is 0 Å². The van der Waals surface area contributed by atoms with Gasteiger partial charge in [-0.25, -0.2) is 0 Å². The first-order chi connectivity index (χ1) is 34.2. The summed E-state index contributed by atoms with van der Waals surface area (Å²) < 4.78 is 6.50. The van der Waals surface area contributed by atoms with Crippen molar-refractivity contribution < 1.29 is 4.42 Å². The predicted molar refractivity (Wildman–Crippen MR) is 287 cm³/mol. The van der Waals surface area contributed by atoms with Crippen molar-refractivity contribution in [1.29, 1.82) is 0 Å². The van der Waals surface area contributed by atoms with Crippen molar-refractivity contribution >= 4 is 39.0 Å².